The van der Waals surface area contributed by atoms with E-state index in [1.165, 1.54) is 23.5 Å². The Balaban J connectivity index is 2.01. The highest BCUT2D eigenvalue weighted by Crippen LogP contribution is 2.37. The summed E-state index contributed by atoms with van der Waals surface area (Å²) >= 11 is 2.98. The number of hydrogen-bond acceptors (Lipinski definition) is 7. The molecule has 24 heavy (non-hydrogen) atoms. The van der Waals surface area contributed by atoms with Gasteiger partial charge >= 0.3 is 0 Å². The molecule has 8 heteroatoms. The van der Waals surface area contributed by atoms with Gasteiger partial charge in [-0.1, -0.05) is 18.2 Å². The van der Waals surface area contributed by atoms with Crippen LogP contribution in [0, 0.1) is 10.1 Å². The van der Waals surface area contributed by atoms with Crippen LogP contribution in [0.3, 0.4) is 0 Å². The highest BCUT2D eigenvalue weighted by atomic mass is 32.1. The molecular formula is C16H10N4O2S2. The highest BCUT2D eigenvalue weighted by molar-refractivity contribution is 7.17. The van der Waals surface area contributed by atoms with Gasteiger partial charge in [0.25, 0.3) is 5.69 Å². The predicted molar refractivity (Wildman–Crippen MR) is 97.2 cm³/mol. The van der Waals surface area contributed by atoms with E-state index in [1.54, 1.807) is 23.5 Å². The SMILES string of the molecule is Nc1csc2nc(-c3cccs3)nc(-c3cccc([N+](=O)[O-])c3)c12. The number of nitrogen functional groups attached to an aromatic ring is 1. The van der Waals surface area contributed by atoms with Crippen molar-refractivity contribution in [2.24, 2.45) is 0 Å². The standard InChI is InChI=1S/C16H10N4O2S2/c17-11-8-24-16-13(11)14(9-3-1-4-10(7-9)20(21)22)18-15(19-16)12-5-2-6-23-12/h1-8H,17H2. The summed E-state index contributed by atoms with van der Waals surface area (Å²) in [5, 5.41) is 15.6. The maximum Gasteiger partial charge on any atom is 0.270 e. The van der Waals surface area contributed by atoms with E-state index in [0.29, 0.717) is 22.8 Å². The van der Waals surface area contributed by atoms with Gasteiger partial charge < -0.3 is 5.73 Å². The molecule has 0 saturated carbocycles. The van der Waals surface area contributed by atoms with Crippen LogP contribution in [0.5, 0.6) is 0 Å². The van der Waals surface area contributed by atoms with Gasteiger partial charge in [-0.05, 0) is 11.4 Å². The van der Waals surface area contributed by atoms with Gasteiger partial charge in [-0.2, -0.15) is 0 Å². The quantitative estimate of drug-likeness (QED) is 0.429. The van der Waals surface area contributed by atoms with Crippen molar-refractivity contribution in [2.75, 3.05) is 5.73 Å². The van der Waals surface area contributed by atoms with Crippen molar-refractivity contribution in [1.29, 1.82) is 0 Å². The second-order valence-corrected chi connectivity index (χ2v) is 6.86. The molecule has 4 aromatic rings. The summed E-state index contributed by atoms with van der Waals surface area (Å²) in [6.45, 7) is 0. The zero-order chi connectivity index (χ0) is 16.7. The second-order valence-electron chi connectivity index (χ2n) is 5.05. The van der Waals surface area contributed by atoms with Crippen LogP contribution in [0.1, 0.15) is 0 Å². The van der Waals surface area contributed by atoms with Crippen molar-refractivity contribution < 1.29 is 4.92 Å². The third-order valence-corrected chi connectivity index (χ3v) is 5.29. The highest BCUT2D eigenvalue weighted by Gasteiger charge is 2.17. The number of hydrogen-bond donors (Lipinski definition) is 1. The molecule has 0 aliphatic rings. The van der Waals surface area contributed by atoms with E-state index in [4.69, 9.17) is 5.73 Å². The van der Waals surface area contributed by atoms with Crippen LogP contribution in [-0.2, 0) is 0 Å². The predicted octanol–water partition coefficient (Wildman–Crippen LogP) is 4.58. The largest absolute Gasteiger partial charge is 0.397 e. The van der Waals surface area contributed by atoms with Gasteiger partial charge in [0.05, 0.1) is 26.6 Å². The molecule has 0 bridgehead atoms. The Bertz CT molecular complexity index is 1060. The van der Waals surface area contributed by atoms with Crippen molar-refractivity contribution in [3.05, 3.63) is 57.3 Å². The number of nitro groups is 1. The number of nitro benzene ring substituents is 1. The minimum absolute atomic E-state index is 0.0192. The Morgan fingerprint density at radius 2 is 2.00 bits per heavy atom. The molecule has 0 fully saturated rings. The number of nitrogens with two attached hydrogens (primary N) is 1. The number of fused-ring (bicyclic) bond motifs is 1. The average molecular weight is 354 g/mol. The molecule has 0 spiro atoms. The third-order valence-electron chi connectivity index (χ3n) is 3.53. The van der Waals surface area contributed by atoms with E-state index >= 15 is 0 Å². The molecule has 0 saturated heterocycles. The van der Waals surface area contributed by atoms with Crippen LogP contribution < -0.4 is 5.73 Å². The summed E-state index contributed by atoms with van der Waals surface area (Å²) in [5.41, 5.74) is 7.95. The lowest BCUT2D eigenvalue weighted by Crippen LogP contribution is -1.95. The smallest absolute Gasteiger partial charge is 0.270 e. The summed E-state index contributed by atoms with van der Waals surface area (Å²) in [6, 6.07) is 10.3. The fraction of sp³-hybridized carbons (Fsp3) is 0. The molecule has 0 amide bonds. The first-order valence-electron chi connectivity index (χ1n) is 6.97. The van der Waals surface area contributed by atoms with E-state index in [9.17, 15) is 10.1 Å². The zero-order valence-corrected chi connectivity index (χ0v) is 13.8. The van der Waals surface area contributed by atoms with Gasteiger partial charge in [-0.3, -0.25) is 10.1 Å². The number of non-ortho nitro benzene ring substituents is 1. The number of rotatable bonds is 3. The Hall–Kier alpha value is -2.84. The summed E-state index contributed by atoms with van der Waals surface area (Å²) in [4.78, 5) is 21.6. The monoisotopic (exact) mass is 354 g/mol. The number of thiophene rings is 2. The first-order chi connectivity index (χ1) is 11.6. The molecule has 2 N–H and O–H groups in total. The maximum atomic E-state index is 11.1. The van der Waals surface area contributed by atoms with Gasteiger partial charge in [0.2, 0.25) is 0 Å². The van der Waals surface area contributed by atoms with Crippen molar-refractivity contribution in [1.82, 2.24) is 9.97 Å². The minimum atomic E-state index is -0.418. The first-order valence-corrected chi connectivity index (χ1v) is 8.73. The van der Waals surface area contributed by atoms with Gasteiger partial charge in [0, 0.05) is 23.1 Å². The summed E-state index contributed by atoms with van der Waals surface area (Å²) in [7, 11) is 0. The van der Waals surface area contributed by atoms with Crippen LogP contribution >= 0.6 is 22.7 Å². The molecule has 3 heterocycles. The summed E-state index contributed by atoms with van der Waals surface area (Å²) in [5.74, 6) is 0.598. The van der Waals surface area contributed by atoms with Crippen LogP contribution in [0.4, 0.5) is 11.4 Å². The Morgan fingerprint density at radius 3 is 2.75 bits per heavy atom. The minimum Gasteiger partial charge on any atom is -0.397 e. The van der Waals surface area contributed by atoms with Crippen molar-refractivity contribution in [2.45, 2.75) is 0 Å². The normalized spacial score (nSPS) is 11.0. The molecule has 3 aromatic heterocycles. The Morgan fingerprint density at radius 1 is 1.12 bits per heavy atom. The molecule has 0 unspecified atom stereocenters. The van der Waals surface area contributed by atoms with Crippen LogP contribution in [0.25, 0.3) is 32.2 Å². The number of aromatic nitrogens is 2. The lowest BCUT2D eigenvalue weighted by atomic mass is 10.1. The van der Waals surface area contributed by atoms with Gasteiger partial charge in [-0.15, -0.1) is 22.7 Å². The summed E-state index contributed by atoms with van der Waals surface area (Å²) < 4.78 is 0. The molecule has 118 valence electrons. The van der Waals surface area contributed by atoms with Crippen molar-refractivity contribution in [3.63, 3.8) is 0 Å². The molecule has 0 aliphatic carbocycles. The molecular weight excluding hydrogens is 344 g/mol. The van der Waals surface area contributed by atoms with E-state index in [1.807, 2.05) is 22.9 Å². The molecule has 4 rings (SSSR count). The van der Waals surface area contributed by atoms with Crippen LogP contribution in [-0.4, -0.2) is 14.9 Å². The van der Waals surface area contributed by atoms with Crippen molar-refractivity contribution >= 4 is 44.3 Å². The van der Waals surface area contributed by atoms with Crippen molar-refractivity contribution in [3.8, 4) is 22.0 Å². The van der Waals surface area contributed by atoms with Crippen LogP contribution in [0.15, 0.2) is 47.2 Å². The van der Waals surface area contributed by atoms with Crippen LogP contribution in [0.2, 0.25) is 0 Å². The Labute approximate surface area is 144 Å². The molecule has 1 aromatic carbocycles. The van der Waals surface area contributed by atoms with E-state index in [2.05, 4.69) is 9.97 Å². The van der Waals surface area contributed by atoms with E-state index < -0.39 is 4.92 Å². The molecule has 0 aliphatic heterocycles. The topological polar surface area (TPSA) is 94.9 Å². The summed E-state index contributed by atoms with van der Waals surface area (Å²) in [6.07, 6.45) is 0. The van der Waals surface area contributed by atoms with Gasteiger partial charge in [-0.25, -0.2) is 9.97 Å². The lowest BCUT2D eigenvalue weighted by Gasteiger charge is -2.06. The number of anilines is 1. The fourth-order valence-corrected chi connectivity index (χ4v) is 3.94. The second kappa shape index (κ2) is 5.66. The Kier molecular flexibility index (Phi) is 3.47. The number of benzene rings is 1. The maximum absolute atomic E-state index is 11.1. The zero-order valence-electron chi connectivity index (χ0n) is 12.2. The third kappa shape index (κ3) is 2.41. The average Bonchev–Trinajstić information content (AvgIpc) is 3.24. The first kappa shape index (κ1) is 14.7. The lowest BCUT2D eigenvalue weighted by molar-refractivity contribution is -0.384. The molecule has 0 atom stereocenters. The fourth-order valence-electron chi connectivity index (χ4n) is 2.46. The van der Waals surface area contributed by atoms with E-state index in [0.717, 1.165) is 15.1 Å². The van der Waals surface area contributed by atoms with E-state index in [-0.39, 0.29) is 5.69 Å². The van der Waals surface area contributed by atoms with Gasteiger partial charge in [0.1, 0.15) is 4.83 Å². The molecule has 0 radical (unpaired) electrons. The van der Waals surface area contributed by atoms with Gasteiger partial charge in [0.15, 0.2) is 5.82 Å². The molecule has 6 nitrogen and oxygen atoms in total. The number of nitrogens with zero attached hydrogens (tertiary/aromatic N) is 3.